The van der Waals surface area contributed by atoms with Crippen molar-refractivity contribution in [2.45, 2.75) is 31.2 Å². The van der Waals surface area contributed by atoms with Gasteiger partial charge in [0.05, 0.1) is 9.82 Å². The second-order valence-corrected chi connectivity index (χ2v) is 7.64. The largest absolute Gasteiger partial charge is 0.349 e. The third-order valence-electron chi connectivity index (χ3n) is 3.48. The molecule has 1 aromatic carbocycles. The third kappa shape index (κ3) is 3.33. The van der Waals surface area contributed by atoms with E-state index in [4.69, 9.17) is 10.7 Å². The zero-order chi connectivity index (χ0) is 15.9. The Labute approximate surface area is 125 Å². The van der Waals surface area contributed by atoms with Crippen LogP contribution in [0.1, 0.15) is 29.3 Å². The molecular weight excluding hydrogens is 320 g/mol. The molecule has 0 radical (unpaired) electrons. The Bertz CT molecular complexity index is 731. The number of hydrogen-bond donors (Lipinski definition) is 1. The zero-order valence-electron chi connectivity index (χ0n) is 11.3. The predicted molar refractivity (Wildman–Crippen MR) is 75.9 cm³/mol. The lowest BCUT2D eigenvalue weighted by Gasteiger charge is -2.08. The molecule has 1 N–H and O–H groups in total. The molecule has 1 aliphatic carbocycles. The van der Waals surface area contributed by atoms with Crippen LogP contribution in [0.3, 0.4) is 0 Å². The molecule has 0 bridgehead atoms. The number of amides is 1. The first-order valence-electron chi connectivity index (χ1n) is 6.16. The molecule has 7 nitrogen and oxygen atoms in total. The van der Waals surface area contributed by atoms with Crippen LogP contribution in [-0.4, -0.2) is 25.3 Å². The molecule has 1 amide bonds. The van der Waals surface area contributed by atoms with E-state index >= 15 is 0 Å². The minimum Gasteiger partial charge on any atom is -0.349 e. The number of nitrogens with zero attached hydrogens (tertiary/aromatic N) is 1. The first-order chi connectivity index (χ1) is 9.61. The molecule has 1 saturated carbocycles. The van der Waals surface area contributed by atoms with E-state index in [1.165, 1.54) is 6.92 Å². The van der Waals surface area contributed by atoms with Crippen LogP contribution in [0.4, 0.5) is 5.69 Å². The Morgan fingerprint density at radius 3 is 2.48 bits per heavy atom. The van der Waals surface area contributed by atoms with Crippen LogP contribution < -0.4 is 5.32 Å². The van der Waals surface area contributed by atoms with Gasteiger partial charge in [0.15, 0.2) is 0 Å². The molecule has 9 heteroatoms. The topological polar surface area (TPSA) is 106 Å². The van der Waals surface area contributed by atoms with Crippen molar-refractivity contribution in [1.29, 1.82) is 0 Å². The highest BCUT2D eigenvalue weighted by molar-refractivity contribution is 8.13. The standard InChI is InChI=1S/C12H13ClN2O5S/c1-6-3-9(6)14-12(16)8-4-10(15(17)18)7(2)11(5-8)21(13,19)20/h4-6,9H,3H2,1-2H3,(H,14,16). The van der Waals surface area contributed by atoms with Crippen molar-refractivity contribution >= 4 is 31.3 Å². The second-order valence-electron chi connectivity index (χ2n) is 5.11. The Kier molecular flexibility index (Phi) is 3.94. The zero-order valence-corrected chi connectivity index (χ0v) is 12.9. The number of nitro groups is 1. The molecule has 2 rings (SSSR count). The normalized spacial score (nSPS) is 20.9. The van der Waals surface area contributed by atoms with Gasteiger partial charge in [0.25, 0.3) is 20.6 Å². The average molecular weight is 333 g/mol. The van der Waals surface area contributed by atoms with E-state index in [1.807, 2.05) is 6.92 Å². The fourth-order valence-electron chi connectivity index (χ4n) is 2.02. The van der Waals surface area contributed by atoms with Gasteiger partial charge in [-0.15, -0.1) is 0 Å². The van der Waals surface area contributed by atoms with E-state index < -0.39 is 30.5 Å². The third-order valence-corrected chi connectivity index (χ3v) is 4.93. The summed E-state index contributed by atoms with van der Waals surface area (Å²) in [6, 6.07) is 2.14. The summed E-state index contributed by atoms with van der Waals surface area (Å²) in [4.78, 5) is 21.9. The van der Waals surface area contributed by atoms with Crippen molar-refractivity contribution in [3.63, 3.8) is 0 Å². The van der Waals surface area contributed by atoms with E-state index in [9.17, 15) is 23.3 Å². The summed E-state index contributed by atoms with van der Waals surface area (Å²) < 4.78 is 23.0. The summed E-state index contributed by atoms with van der Waals surface area (Å²) in [6.07, 6.45) is 0.834. The van der Waals surface area contributed by atoms with Gasteiger partial charge in [-0.2, -0.15) is 0 Å². The number of benzene rings is 1. The summed E-state index contributed by atoms with van der Waals surface area (Å²) >= 11 is 0. The molecular formula is C12H13ClN2O5S. The van der Waals surface area contributed by atoms with Crippen molar-refractivity contribution in [2.75, 3.05) is 0 Å². The van der Waals surface area contributed by atoms with E-state index in [0.717, 1.165) is 18.6 Å². The fraction of sp³-hybridized carbons (Fsp3) is 0.417. The van der Waals surface area contributed by atoms with Crippen LogP contribution in [0, 0.1) is 23.0 Å². The van der Waals surface area contributed by atoms with Crippen LogP contribution in [0.15, 0.2) is 17.0 Å². The monoisotopic (exact) mass is 332 g/mol. The van der Waals surface area contributed by atoms with Gasteiger partial charge in [0.2, 0.25) is 0 Å². The average Bonchev–Trinajstić information content (AvgIpc) is 3.02. The van der Waals surface area contributed by atoms with Crippen molar-refractivity contribution in [2.24, 2.45) is 5.92 Å². The molecule has 0 aliphatic heterocycles. The van der Waals surface area contributed by atoms with Gasteiger partial charge >= 0.3 is 0 Å². The molecule has 2 unspecified atom stereocenters. The van der Waals surface area contributed by atoms with Crippen molar-refractivity contribution in [3.8, 4) is 0 Å². The van der Waals surface area contributed by atoms with Gasteiger partial charge in [-0.3, -0.25) is 14.9 Å². The molecule has 0 spiro atoms. The van der Waals surface area contributed by atoms with Crippen LogP contribution >= 0.6 is 10.7 Å². The van der Waals surface area contributed by atoms with Crippen molar-refractivity contribution < 1.29 is 18.1 Å². The van der Waals surface area contributed by atoms with Crippen molar-refractivity contribution in [1.82, 2.24) is 5.32 Å². The number of halogens is 1. The minimum atomic E-state index is -4.18. The van der Waals surface area contributed by atoms with E-state index in [1.54, 1.807) is 0 Å². The molecule has 1 fully saturated rings. The van der Waals surface area contributed by atoms with Crippen LogP contribution in [0.5, 0.6) is 0 Å². The van der Waals surface area contributed by atoms with Gasteiger partial charge in [0.1, 0.15) is 0 Å². The maximum absolute atomic E-state index is 12.0. The highest BCUT2D eigenvalue weighted by atomic mass is 35.7. The lowest BCUT2D eigenvalue weighted by Crippen LogP contribution is -2.26. The smallest absolute Gasteiger partial charge is 0.274 e. The minimum absolute atomic E-state index is 0.0221. The molecule has 1 aliphatic rings. The van der Waals surface area contributed by atoms with Gasteiger partial charge < -0.3 is 5.32 Å². The molecule has 0 saturated heterocycles. The SMILES string of the molecule is Cc1c([N+](=O)[O-])cc(C(=O)NC2CC2C)cc1S(=O)(=O)Cl. The van der Waals surface area contributed by atoms with Crippen LogP contribution in [0.2, 0.25) is 0 Å². The summed E-state index contributed by atoms with van der Waals surface area (Å²) in [7, 11) is 1.09. The number of rotatable bonds is 4. The maximum atomic E-state index is 12.0. The summed E-state index contributed by atoms with van der Waals surface area (Å²) in [6.45, 7) is 3.23. The number of carbonyl (C=O) groups excluding carboxylic acids is 1. The highest BCUT2D eigenvalue weighted by Crippen LogP contribution is 2.31. The van der Waals surface area contributed by atoms with E-state index in [2.05, 4.69) is 5.32 Å². The Morgan fingerprint density at radius 1 is 1.48 bits per heavy atom. The first kappa shape index (κ1) is 15.7. The number of nitro benzene ring substituents is 1. The van der Waals surface area contributed by atoms with Crippen molar-refractivity contribution in [3.05, 3.63) is 33.4 Å². The lowest BCUT2D eigenvalue weighted by molar-refractivity contribution is -0.385. The molecule has 1 aromatic rings. The molecule has 21 heavy (non-hydrogen) atoms. The number of hydrogen-bond acceptors (Lipinski definition) is 5. The van der Waals surface area contributed by atoms with Gasteiger partial charge in [-0.1, -0.05) is 6.92 Å². The lowest BCUT2D eigenvalue weighted by atomic mass is 10.1. The Balaban J connectivity index is 2.49. The Morgan fingerprint density at radius 2 is 2.05 bits per heavy atom. The number of carbonyl (C=O) groups is 1. The molecule has 114 valence electrons. The van der Waals surface area contributed by atoms with Gasteiger partial charge in [-0.05, 0) is 25.3 Å². The predicted octanol–water partition coefficient (Wildman–Crippen LogP) is 1.97. The summed E-state index contributed by atoms with van der Waals surface area (Å²) in [5.74, 6) is -0.195. The maximum Gasteiger partial charge on any atom is 0.274 e. The van der Waals surface area contributed by atoms with Gasteiger partial charge in [-0.25, -0.2) is 8.42 Å². The Hall–Kier alpha value is -1.67. The molecule has 0 heterocycles. The highest BCUT2D eigenvalue weighted by Gasteiger charge is 2.34. The second kappa shape index (κ2) is 5.27. The summed E-state index contributed by atoms with van der Waals surface area (Å²) in [5, 5.41) is 13.7. The summed E-state index contributed by atoms with van der Waals surface area (Å²) in [5.41, 5.74) is -0.636. The van der Waals surface area contributed by atoms with E-state index in [-0.39, 0.29) is 17.2 Å². The quantitative estimate of drug-likeness (QED) is 0.515. The number of nitrogens with one attached hydrogen (secondary N) is 1. The first-order valence-corrected chi connectivity index (χ1v) is 8.46. The fourth-order valence-corrected chi connectivity index (χ4v) is 3.24. The molecule has 2 atom stereocenters. The van der Waals surface area contributed by atoms with Crippen LogP contribution in [-0.2, 0) is 9.05 Å². The van der Waals surface area contributed by atoms with Gasteiger partial charge in [0, 0.05) is 33.9 Å². The van der Waals surface area contributed by atoms with E-state index in [0.29, 0.717) is 5.92 Å². The van der Waals surface area contributed by atoms with Crippen LogP contribution in [0.25, 0.3) is 0 Å². The molecule has 0 aromatic heterocycles.